The van der Waals surface area contributed by atoms with Crippen molar-refractivity contribution < 1.29 is 19.1 Å². The standard InChI is InChI=1S/C21H26O4Si/c1-6-24-20(22)17-13-16(15-11-9-8-10-12-15)19(26(3,4)5)14-18(17)21(23)25-7-2/h8-14H,6-7H2,1-5H3. The molecule has 0 amide bonds. The average molecular weight is 371 g/mol. The van der Waals surface area contributed by atoms with Crippen molar-refractivity contribution in [3.8, 4) is 11.1 Å². The largest absolute Gasteiger partial charge is 0.462 e. The summed E-state index contributed by atoms with van der Waals surface area (Å²) in [4.78, 5) is 25.0. The van der Waals surface area contributed by atoms with Crippen molar-refractivity contribution in [2.45, 2.75) is 33.5 Å². The Morgan fingerprint density at radius 2 is 1.35 bits per heavy atom. The molecule has 0 N–H and O–H groups in total. The van der Waals surface area contributed by atoms with Gasteiger partial charge in [-0.25, -0.2) is 9.59 Å². The van der Waals surface area contributed by atoms with Crippen molar-refractivity contribution >= 4 is 25.2 Å². The average Bonchev–Trinajstić information content (AvgIpc) is 2.61. The van der Waals surface area contributed by atoms with E-state index in [1.54, 1.807) is 19.9 Å². The molecule has 0 aromatic heterocycles. The van der Waals surface area contributed by atoms with Crippen LogP contribution in [-0.4, -0.2) is 33.2 Å². The van der Waals surface area contributed by atoms with E-state index in [0.717, 1.165) is 16.3 Å². The molecule has 0 spiro atoms. The number of carbonyl (C=O) groups is 2. The highest BCUT2D eigenvalue weighted by Gasteiger charge is 2.28. The first-order chi connectivity index (χ1) is 12.3. The molecular weight excluding hydrogens is 344 g/mol. The molecule has 0 saturated heterocycles. The van der Waals surface area contributed by atoms with E-state index < -0.39 is 20.0 Å². The molecule has 2 rings (SSSR count). The summed E-state index contributed by atoms with van der Waals surface area (Å²) in [5.74, 6) is -0.996. The van der Waals surface area contributed by atoms with Crippen molar-refractivity contribution in [3.05, 3.63) is 53.6 Å². The van der Waals surface area contributed by atoms with Crippen molar-refractivity contribution in [2.24, 2.45) is 0 Å². The molecule has 26 heavy (non-hydrogen) atoms. The van der Waals surface area contributed by atoms with Gasteiger partial charge < -0.3 is 9.47 Å². The highest BCUT2D eigenvalue weighted by atomic mass is 28.3. The van der Waals surface area contributed by atoms with Gasteiger partial charge in [-0.05, 0) is 37.1 Å². The molecule has 0 saturated carbocycles. The van der Waals surface area contributed by atoms with Gasteiger partial charge in [-0.2, -0.15) is 0 Å². The first-order valence-electron chi connectivity index (χ1n) is 8.87. The molecule has 5 heteroatoms. The number of benzene rings is 2. The fourth-order valence-corrected chi connectivity index (χ4v) is 4.43. The van der Waals surface area contributed by atoms with E-state index in [-0.39, 0.29) is 24.3 Å². The highest BCUT2D eigenvalue weighted by Crippen LogP contribution is 2.25. The fraction of sp³-hybridized carbons (Fsp3) is 0.333. The Balaban J connectivity index is 2.77. The SMILES string of the molecule is CCOC(=O)c1cc(-c2ccccc2)c([Si](C)(C)C)cc1C(=O)OCC. The van der Waals surface area contributed by atoms with Crippen LogP contribution in [0.15, 0.2) is 42.5 Å². The highest BCUT2D eigenvalue weighted by molar-refractivity contribution is 6.89. The Morgan fingerprint density at radius 3 is 1.81 bits per heavy atom. The van der Waals surface area contributed by atoms with Crippen LogP contribution in [0.1, 0.15) is 34.6 Å². The van der Waals surface area contributed by atoms with Crippen LogP contribution in [0.4, 0.5) is 0 Å². The molecule has 2 aromatic carbocycles. The number of hydrogen-bond acceptors (Lipinski definition) is 4. The van der Waals surface area contributed by atoms with Crippen molar-refractivity contribution in [2.75, 3.05) is 13.2 Å². The molecule has 0 radical (unpaired) electrons. The van der Waals surface area contributed by atoms with Crippen molar-refractivity contribution in [3.63, 3.8) is 0 Å². The van der Waals surface area contributed by atoms with Crippen LogP contribution in [-0.2, 0) is 9.47 Å². The van der Waals surface area contributed by atoms with Crippen molar-refractivity contribution in [1.29, 1.82) is 0 Å². The van der Waals surface area contributed by atoms with E-state index >= 15 is 0 Å². The van der Waals surface area contributed by atoms with Crippen molar-refractivity contribution in [1.82, 2.24) is 0 Å². The Kier molecular flexibility index (Phi) is 6.37. The molecule has 0 unspecified atom stereocenters. The van der Waals surface area contributed by atoms with Gasteiger partial charge in [0.2, 0.25) is 0 Å². The maximum Gasteiger partial charge on any atom is 0.339 e. The lowest BCUT2D eigenvalue weighted by atomic mass is 9.98. The third-order valence-corrected chi connectivity index (χ3v) is 6.07. The van der Waals surface area contributed by atoms with Crippen LogP contribution in [0.2, 0.25) is 19.6 Å². The number of rotatable bonds is 6. The summed E-state index contributed by atoms with van der Waals surface area (Å²) in [7, 11) is -1.80. The predicted octanol–water partition coefficient (Wildman–Crippen LogP) is 4.25. The van der Waals surface area contributed by atoms with Crippen LogP contribution in [0.5, 0.6) is 0 Å². The summed E-state index contributed by atoms with van der Waals surface area (Å²) in [6.07, 6.45) is 0. The van der Waals surface area contributed by atoms with E-state index in [2.05, 4.69) is 19.6 Å². The summed E-state index contributed by atoms with van der Waals surface area (Å²) < 4.78 is 10.4. The molecule has 0 atom stereocenters. The Morgan fingerprint density at radius 1 is 0.846 bits per heavy atom. The minimum atomic E-state index is -1.80. The van der Waals surface area contributed by atoms with Gasteiger partial charge in [0.25, 0.3) is 0 Å². The Hall–Kier alpha value is -2.40. The van der Waals surface area contributed by atoms with Crippen LogP contribution in [0.3, 0.4) is 0 Å². The van der Waals surface area contributed by atoms with Crippen LogP contribution in [0.25, 0.3) is 11.1 Å². The fourth-order valence-electron chi connectivity index (χ4n) is 2.83. The molecule has 0 heterocycles. The lowest BCUT2D eigenvalue weighted by molar-refractivity contribution is 0.0479. The lowest BCUT2D eigenvalue weighted by Crippen LogP contribution is -2.40. The van der Waals surface area contributed by atoms with Gasteiger partial charge in [0.05, 0.1) is 32.4 Å². The summed E-state index contributed by atoms with van der Waals surface area (Å²) in [5.41, 5.74) is 2.53. The molecule has 4 nitrogen and oxygen atoms in total. The molecule has 0 bridgehead atoms. The Labute approximate surface area is 156 Å². The quantitative estimate of drug-likeness (QED) is 0.563. The molecule has 0 aliphatic rings. The maximum absolute atomic E-state index is 12.5. The van der Waals surface area contributed by atoms with Gasteiger partial charge in [-0.15, -0.1) is 0 Å². The first-order valence-corrected chi connectivity index (χ1v) is 12.4. The third kappa shape index (κ3) is 4.41. The topological polar surface area (TPSA) is 52.6 Å². The molecule has 138 valence electrons. The molecular formula is C21H26O4Si. The number of ether oxygens (including phenoxy) is 2. The Bertz CT molecular complexity index is 792. The van der Waals surface area contributed by atoms with Gasteiger partial charge in [0.1, 0.15) is 0 Å². The lowest BCUT2D eigenvalue weighted by Gasteiger charge is -2.23. The second kappa shape index (κ2) is 8.32. The van der Waals surface area contributed by atoms with Gasteiger partial charge >= 0.3 is 11.9 Å². The summed E-state index contributed by atoms with van der Waals surface area (Å²) in [6, 6.07) is 13.5. The zero-order valence-electron chi connectivity index (χ0n) is 16.1. The number of esters is 2. The molecule has 2 aromatic rings. The monoisotopic (exact) mass is 370 g/mol. The molecule has 0 fully saturated rings. The van der Waals surface area contributed by atoms with Gasteiger partial charge in [0.15, 0.2) is 0 Å². The minimum absolute atomic E-state index is 0.248. The predicted molar refractivity (Wildman–Crippen MR) is 107 cm³/mol. The summed E-state index contributed by atoms with van der Waals surface area (Å²) >= 11 is 0. The summed E-state index contributed by atoms with van der Waals surface area (Å²) in [5, 5.41) is 1.11. The van der Waals surface area contributed by atoms with Crippen LogP contribution in [0, 0.1) is 0 Å². The van der Waals surface area contributed by atoms with E-state index in [4.69, 9.17) is 9.47 Å². The third-order valence-electron chi connectivity index (χ3n) is 4.04. The zero-order chi connectivity index (χ0) is 19.3. The van der Waals surface area contributed by atoms with E-state index in [1.807, 2.05) is 36.4 Å². The molecule has 0 aliphatic carbocycles. The van der Waals surface area contributed by atoms with Gasteiger partial charge in [0, 0.05) is 0 Å². The zero-order valence-corrected chi connectivity index (χ0v) is 17.1. The van der Waals surface area contributed by atoms with Crippen LogP contribution >= 0.6 is 0 Å². The first kappa shape index (κ1) is 19.9. The number of carbonyl (C=O) groups excluding carboxylic acids is 2. The van der Waals surface area contributed by atoms with Gasteiger partial charge in [-0.1, -0.05) is 55.2 Å². The van der Waals surface area contributed by atoms with Gasteiger partial charge in [-0.3, -0.25) is 0 Å². The van der Waals surface area contributed by atoms with E-state index in [1.165, 1.54) is 0 Å². The maximum atomic E-state index is 12.5. The van der Waals surface area contributed by atoms with E-state index in [9.17, 15) is 9.59 Å². The van der Waals surface area contributed by atoms with Crippen LogP contribution < -0.4 is 5.19 Å². The summed E-state index contributed by atoms with van der Waals surface area (Å²) in [6.45, 7) is 10.6. The smallest absolute Gasteiger partial charge is 0.339 e. The second-order valence-electron chi connectivity index (χ2n) is 7.00. The molecule has 0 aliphatic heterocycles. The number of hydrogen-bond donors (Lipinski definition) is 0. The second-order valence-corrected chi connectivity index (χ2v) is 12.0. The van der Waals surface area contributed by atoms with E-state index in [0.29, 0.717) is 0 Å². The normalized spacial score (nSPS) is 11.1. The minimum Gasteiger partial charge on any atom is -0.462 e.